The SMILES string of the molecule is CNC(=O)NC(=O)[C@H](C)Oc1ccc(C)cc1Br. The lowest BCUT2D eigenvalue weighted by Gasteiger charge is -2.15. The molecule has 0 radical (unpaired) electrons. The van der Waals surface area contributed by atoms with Crippen molar-refractivity contribution >= 4 is 27.9 Å². The third-order valence-electron chi connectivity index (χ3n) is 2.22. The average Bonchev–Trinajstić information content (AvgIpc) is 2.32. The highest BCUT2D eigenvalue weighted by Gasteiger charge is 2.17. The van der Waals surface area contributed by atoms with E-state index >= 15 is 0 Å². The largest absolute Gasteiger partial charge is 0.480 e. The van der Waals surface area contributed by atoms with E-state index in [0.717, 1.165) is 10.0 Å². The van der Waals surface area contributed by atoms with Gasteiger partial charge in [-0.3, -0.25) is 10.1 Å². The fourth-order valence-corrected chi connectivity index (χ4v) is 1.81. The second kappa shape index (κ2) is 6.39. The molecule has 0 heterocycles. The van der Waals surface area contributed by atoms with Crippen LogP contribution in [0.1, 0.15) is 12.5 Å². The minimum atomic E-state index is -0.763. The van der Waals surface area contributed by atoms with Crippen molar-refractivity contribution in [2.45, 2.75) is 20.0 Å². The molecule has 0 spiro atoms. The van der Waals surface area contributed by atoms with Gasteiger partial charge in [0.15, 0.2) is 6.10 Å². The quantitative estimate of drug-likeness (QED) is 0.896. The molecule has 98 valence electrons. The molecule has 0 aromatic heterocycles. The topological polar surface area (TPSA) is 67.4 Å². The van der Waals surface area contributed by atoms with Gasteiger partial charge in [-0.25, -0.2) is 4.79 Å². The monoisotopic (exact) mass is 314 g/mol. The van der Waals surface area contributed by atoms with E-state index in [-0.39, 0.29) is 0 Å². The second-order valence-corrected chi connectivity index (χ2v) is 4.62. The van der Waals surface area contributed by atoms with Crippen molar-refractivity contribution in [3.8, 4) is 5.75 Å². The van der Waals surface area contributed by atoms with Crippen LogP contribution < -0.4 is 15.4 Å². The summed E-state index contributed by atoms with van der Waals surface area (Å²) in [7, 11) is 1.44. The van der Waals surface area contributed by atoms with Crippen molar-refractivity contribution in [2.24, 2.45) is 0 Å². The molecule has 0 bridgehead atoms. The van der Waals surface area contributed by atoms with E-state index in [2.05, 4.69) is 26.6 Å². The van der Waals surface area contributed by atoms with E-state index < -0.39 is 18.0 Å². The molecule has 6 heteroatoms. The Hall–Kier alpha value is -1.56. The van der Waals surface area contributed by atoms with Crippen LogP contribution in [0.2, 0.25) is 0 Å². The fourth-order valence-electron chi connectivity index (χ4n) is 1.22. The first-order chi connectivity index (χ1) is 8.43. The molecular formula is C12H15BrN2O3. The van der Waals surface area contributed by atoms with Gasteiger partial charge in [-0.2, -0.15) is 0 Å². The summed E-state index contributed by atoms with van der Waals surface area (Å²) < 4.78 is 6.23. The lowest BCUT2D eigenvalue weighted by atomic mass is 10.2. The number of hydrogen-bond donors (Lipinski definition) is 2. The highest BCUT2D eigenvalue weighted by Crippen LogP contribution is 2.26. The van der Waals surface area contributed by atoms with Crippen LogP contribution in [0, 0.1) is 6.92 Å². The number of nitrogens with one attached hydrogen (secondary N) is 2. The Morgan fingerprint density at radius 1 is 1.39 bits per heavy atom. The van der Waals surface area contributed by atoms with Crippen LogP contribution in [0.3, 0.4) is 0 Å². The van der Waals surface area contributed by atoms with Gasteiger partial charge in [0.1, 0.15) is 5.75 Å². The molecule has 1 rings (SSSR count). The molecule has 0 saturated carbocycles. The maximum absolute atomic E-state index is 11.6. The first kappa shape index (κ1) is 14.5. The van der Waals surface area contributed by atoms with E-state index in [4.69, 9.17) is 4.74 Å². The zero-order valence-corrected chi connectivity index (χ0v) is 12.0. The minimum absolute atomic E-state index is 0.498. The van der Waals surface area contributed by atoms with E-state index in [1.165, 1.54) is 7.05 Å². The van der Waals surface area contributed by atoms with Gasteiger partial charge in [0.05, 0.1) is 4.47 Å². The van der Waals surface area contributed by atoms with Crippen molar-refractivity contribution in [3.63, 3.8) is 0 Å². The molecule has 0 saturated heterocycles. The zero-order valence-electron chi connectivity index (χ0n) is 10.4. The Morgan fingerprint density at radius 3 is 2.61 bits per heavy atom. The van der Waals surface area contributed by atoms with Gasteiger partial charge in [-0.15, -0.1) is 0 Å². The highest BCUT2D eigenvalue weighted by atomic mass is 79.9. The molecule has 5 nitrogen and oxygen atoms in total. The number of amides is 3. The number of ether oxygens (including phenoxy) is 1. The Kier molecular flexibility index (Phi) is 5.15. The standard InChI is InChI=1S/C12H15BrN2O3/c1-7-4-5-10(9(13)6-7)18-8(2)11(16)15-12(17)14-3/h4-6,8H,1-3H3,(H2,14,15,16,17)/t8-/m0/s1. The zero-order chi connectivity index (χ0) is 13.7. The van der Waals surface area contributed by atoms with E-state index in [0.29, 0.717) is 5.75 Å². The summed E-state index contributed by atoms with van der Waals surface area (Å²) in [5.41, 5.74) is 1.08. The molecule has 0 aliphatic heterocycles. The Balaban J connectivity index is 2.66. The normalized spacial score (nSPS) is 11.6. The summed E-state index contributed by atoms with van der Waals surface area (Å²) in [5.74, 6) is 0.0574. The van der Waals surface area contributed by atoms with Gasteiger partial charge >= 0.3 is 6.03 Å². The van der Waals surface area contributed by atoms with Gasteiger partial charge < -0.3 is 10.1 Å². The van der Waals surface area contributed by atoms with Crippen LogP contribution in [-0.2, 0) is 4.79 Å². The number of urea groups is 1. The minimum Gasteiger partial charge on any atom is -0.480 e. The second-order valence-electron chi connectivity index (χ2n) is 3.76. The summed E-state index contributed by atoms with van der Waals surface area (Å²) in [6.07, 6.45) is -0.763. The lowest BCUT2D eigenvalue weighted by Crippen LogP contribution is -2.43. The summed E-state index contributed by atoms with van der Waals surface area (Å²) in [6.45, 7) is 3.53. The maximum Gasteiger partial charge on any atom is 0.321 e. The molecule has 0 aliphatic carbocycles. The summed E-state index contributed by atoms with van der Waals surface area (Å²) in [5, 5.41) is 4.45. The molecule has 18 heavy (non-hydrogen) atoms. The van der Waals surface area contributed by atoms with Crippen LogP contribution in [0.4, 0.5) is 4.79 Å². The summed E-state index contributed by atoms with van der Waals surface area (Å²) >= 11 is 3.35. The average molecular weight is 315 g/mol. The molecular weight excluding hydrogens is 300 g/mol. The van der Waals surface area contributed by atoms with Crippen LogP contribution in [0.15, 0.2) is 22.7 Å². The van der Waals surface area contributed by atoms with Crippen molar-refractivity contribution in [3.05, 3.63) is 28.2 Å². The van der Waals surface area contributed by atoms with Crippen LogP contribution in [0.5, 0.6) is 5.75 Å². The molecule has 1 aromatic carbocycles. The predicted octanol–water partition coefficient (Wildman–Crippen LogP) is 1.98. The van der Waals surface area contributed by atoms with Crippen LogP contribution in [-0.4, -0.2) is 25.1 Å². The molecule has 0 unspecified atom stereocenters. The van der Waals surface area contributed by atoms with Gasteiger partial charge in [0.2, 0.25) is 0 Å². The van der Waals surface area contributed by atoms with E-state index in [1.54, 1.807) is 13.0 Å². The maximum atomic E-state index is 11.6. The number of hydrogen-bond acceptors (Lipinski definition) is 3. The molecule has 2 N–H and O–H groups in total. The number of carbonyl (C=O) groups excluding carboxylic acids is 2. The van der Waals surface area contributed by atoms with E-state index in [9.17, 15) is 9.59 Å². The van der Waals surface area contributed by atoms with Crippen molar-refractivity contribution < 1.29 is 14.3 Å². The van der Waals surface area contributed by atoms with Crippen molar-refractivity contribution in [2.75, 3.05) is 7.05 Å². The van der Waals surface area contributed by atoms with Gasteiger partial charge in [-0.1, -0.05) is 6.07 Å². The summed E-state index contributed by atoms with van der Waals surface area (Å²) in [6, 6.07) is 4.98. The Labute approximate surface area is 114 Å². The van der Waals surface area contributed by atoms with Crippen molar-refractivity contribution in [1.82, 2.24) is 10.6 Å². The van der Waals surface area contributed by atoms with Gasteiger partial charge in [0.25, 0.3) is 5.91 Å². The molecule has 1 aromatic rings. The molecule has 1 atom stereocenters. The summed E-state index contributed by atoms with van der Waals surface area (Å²) in [4.78, 5) is 22.6. The number of rotatable bonds is 3. The third kappa shape index (κ3) is 4.03. The number of halogens is 1. The van der Waals surface area contributed by atoms with Crippen LogP contribution >= 0.6 is 15.9 Å². The molecule has 0 aliphatic rings. The number of benzene rings is 1. The number of imide groups is 1. The predicted molar refractivity (Wildman–Crippen MR) is 71.6 cm³/mol. The Bertz CT molecular complexity index is 463. The third-order valence-corrected chi connectivity index (χ3v) is 2.84. The van der Waals surface area contributed by atoms with Gasteiger partial charge in [-0.05, 0) is 47.5 Å². The number of aryl methyl sites for hydroxylation is 1. The van der Waals surface area contributed by atoms with E-state index in [1.807, 2.05) is 19.1 Å². The number of carbonyl (C=O) groups is 2. The van der Waals surface area contributed by atoms with Gasteiger partial charge in [0, 0.05) is 7.05 Å². The first-order valence-corrected chi connectivity index (χ1v) is 6.18. The van der Waals surface area contributed by atoms with Crippen LogP contribution in [0.25, 0.3) is 0 Å². The van der Waals surface area contributed by atoms with Crippen molar-refractivity contribution in [1.29, 1.82) is 0 Å². The lowest BCUT2D eigenvalue weighted by molar-refractivity contribution is -0.126. The molecule has 3 amide bonds. The fraction of sp³-hybridized carbons (Fsp3) is 0.333. The highest BCUT2D eigenvalue weighted by molar-refractivity contribution is 9.10. The first-order valence-electron chi connectivity index (χ1n) is 5.39. The Morgan fingerprint density at radius 2 is 2.06 bits per heavy atom. The molecule has 0 fully saturated rings. The smallest absolute Gasteiger partial charge is 0.321 e.